The molecule has 0 unspecified atom stereocenters. The van der Waals surface area contributed by atoms with Gasteiger partial charge < -0.3 is 25.3 Å². The molecule has 1 aromatic heterocycles. The highest BCUT2D eigenvalue weighted by atomic mass is 16.4. The van der Waals surface area contributed by atoms with Crippen LogP contribution >= 0.6 is 0 Å². The Morgan fingerprint density at radius 3 is 2.09 bits per heavy atom. The molecule has 0 saturated heterocycles. The number of nitrogens with zero attached hydrogens (tertiary/aromatic N) is 4. The number of Topliss-reactive ketones (excluding diaryl/α,β-unsaturated/α-hetero) is 1. The van der Waals surface area contributed by atoms with Crippen LogP contribution in [-0.4, -0.2) is 71.5 Å². The lowest BCUT2D eigenvalue weighted by atomic mass is 9.86. The molecule has 10 nitrogen and oxygen atoms in total. The third-order valence-corrected chi connectivity index (χ3v) is 7.81. The lowest BCUT2D eigenvalue weighted by Gasteiger charge is -2.31. The number of ketones is 1. The van der Waals surface area contributed by atoms with Crippen molar-refractivity contribution in [2.24, 2.45) is 10.8 Å². The number of fused-ring (bicyclic) bond motifs is 5. The second-order valence-corrected chi connectivity index (χ2v) is 13.7. The fourth-order valence-corrected chi connectivity index (χ4v) is 5.38. The van der Waals surface area contributed by atoms with Gasteiger partial charge in [-0.2, -0.15) is 0 Å². The molecule has 1 aliphatic heterocycles. The van der Waals surface area contributed by atoms with Crippen molar-refractivity contribution in [3.8, 4) is 22.5 Å². The maximum absolute atomic E-state index is 13.6. The summed E-state index contributed by atoms with van der Waals surface area (Å²) < 4.78 is 1.49. The van der Waals surface area contributed by atoms with Crippen LogP contribution in [0, 0.1) is 10.8 Å². The van der Waals surface area contributed by atoms with E-state index in [4.69, 9.17) is 0 Å². The molecule has 1 amide bonds. The Hall–Kier alpha value is -3.44. The summed E-state index contributed by atoms with van der Waals surface area (Å²) in [4.78, 5) is 27.9. The summed E-state index contributed by atoms with van der Waals surface area (Å²) in [7, 11) is 0. The first-order valence-electron chi connectivity index (χ1n) is 14.8. The molecule has 4 N–H and O–H groups in total. The fourth-order valence-electron chi connectivity index (χ4n) is 5.38. The van der Waals surface area contributed by atoms with Gasteiger partial charge in [-0.25, -0.2) is 4.68 Å². The van der Waals surface area contributed by atoms with Gasteiger partial charge >= 0.3 is 0 Å². The van der Waals surface area contributed by atoms with Crippen molar-refractivity contribution in [3.63, 3.8) is 0 Å². The topological polar surface area (TPSA) is 149 Å². The molecule has 2 heterocycles. The summed E-state index contributed by atoms with van der Waals surface area (Å²) in [5.74, 6) is -0.166. The highest BCUT2D eigenvalue weighted by Gasteiger charge is 2.35. The first kappa shape index (κ1) is 32.5. The van der Waals surface area contributed by atoms with Gasteiger partial charge in [0.15, 0.2) is 0 Å². The number of aromatic nitrogens is 3. The van der Waals surface area contributed by atoms with E-state index < -0.39 is 29.8 Å². The average Bonchev–Trinajstić information content (AvgIpc) is 3.33. The summed E-state index contributed by atoms with van der Waals surface area (Å²) in [6.07, 6.45) is -5.42. The number of aliphatic hydroxyl groups is 4. The van der Waals surface area contributed by atoms with Gasteiger partial charge in [0.2, 0.25) is 5.91 Å². The van der Waals surface area contributed by atoms with E-state index in [1.165, 1.54) is 4.68 Å². The molecule has 232 valence electrons. The van der Waals surface area contributed by atoms with E-state index in [1.54, 1.807) is 4.90 Å². The van der Waals surface area contributed by atoms with E-state index in [1.807, 2.05) is 90.1 Å². The Kier molecular flexibility index (Phi) is 9.56. The van der Waals surface area contributed by atoms with Crippen molar-refractivity contribution in [1.29, 1.82) is 0 Å². The van der Waals surface area contributed by atoms with Crippen LogP contribution in [0.25, 0.3) is 22.5 Å². The van der Waals surface area contributed by atoms with Gasteiger partial charge in [-0.1, -0.05) is 89.2 Å². The van der Waals surface area contributed by atoms with Gasteiger partial charge in [-0.05, 0) is 23.5 Å². The van der Waals surface area contributed by atoms with Crippen LogP contribution in [0.4, 0.5) is 5.69 Å². The van der Waals surface area contributed by atoms with Gasteiger partial charge in [0.25, 0.3) is 0 Å². The number of anilines is 1. The molecule has 0 aliphatic carbocycles. The zero-order valence-corrected chi connectivity index (χ0v) is 25.9. The Morgan fingerprint density at radius 1 is 0.837 bits per heavy atom. The first-order chi connectivity index (χ1) is 20.1. The standard InChI is InChI=1S/C33H44N4O6/c1-32(2,3)17-24(38)30(42)31(43)25(39)19-37-29-21-12-8-7-11-20(21)18-36(27(41)16-15-26(40)33(4,5)6)23-14-10-9-13-22(23)28(29)34-35-37/h7-14,24-25,30-31,38-39,42-43H,15-19H2,1-6H3/t24-,25+,30+,31-/m1/s1. The van der Waals surface area contributed by atoms with Crippen molar-refractivity contribution < 1.29 is 30.0 Å². The molecule has 1 aliphatic rings. The molecular weight excluding hydrogens is 548 g/mol. The zero-order chi connectivity index (χ0) is 31.7. The summed E-state index contributed by atoms with van der Waals surface area (Å²) in [5, 5.41) is 51.6. The number of rotatable bonds is 9. The molecular formula is C33H44N4O6. The lowest BCUT2D eigenvalue weighted by molar-refractivity contribution is -0.129. The Balaban J connectivity index is 1.70. The molecule has 4 atom stereocenters. The van der Waals surface area contributed by atoms with Crippen molar-refractivity contribution in [3.05, 3.63) is 54.1 Å². The van der Waals surface area contributed by atoms with E-state index in [0.717, 1.165) is 11.1 Å². The van der Waals surface area contributed by atoms with Crippen molar-refractivity contribution in [2.45, 2.75) is 98.3 Å². The summed E-state index contributed by atoms with van der Waals surface area (Å²) >= 11 is 0. The van der Waals surface area contributed by atoms with Crippen LogP contribution < -0.4 is 4.90 Å². The highest BCUT2D eigenvalue weighted by Crippen LogP contribution is 2.41. The second-order valence-electron chi connectivity index (χ2n) is 13.7. The van der Waals surface area contributed by atoms with Gasteiger partial charge in [0, 0.05) is 29.4 Å². The number of para-hydroxylation sites is 1. The Bertz CT molecular complexity index is 1450. The smallest absolute Gasteiger partial charge is 0.227 e. The highest BCUT2D eigenvalue weighted by molar-refractivity contribution is 6.01. The van der Waals surface area contributed by atoms with Crippen molar-refractivity contribution in [1.82, 2.24) is 15.0 Å². The number of carbonyl (C=O) groups excluding carboxylic acids is 2. The summed E-state index contributed by atoms with van der Waals surface area (Å²) in [6.45, 7) is 11.3. The summed E-state index contributed by atoms with van der Waals surface area (Å²) in [5.41, 5.74) is 3.09. The fraction of sp³-hybridized carbons (Fsp3) is 0.515. The molecule has 0 saturated carbocycles. The van der Waals surface area contributed by atoms with E-state index >= 15 is 0 Å². The third kappa shape index (κ3) is 7.38. The normalized spacial score (nSPS) is 16.2. The minimum absolute atomic E-state index is 0.0172. The summed E-state index contributed by atoms with van der Waals surface area (Å²) in [6, 6.07) is 14.9. The predicted octanol–water partition coefficient (Wildman–Crippen LogP) is 3.73. The number of carbonyl (C=O) groups is 2. The van der Waals surface area contributed by atoms with E-state index in [9.17, 15) is 30.0 Å². The van der Waals surface area contributed by atoms with Crippen molar-refractivity contribution >= 4 is 17.4 Å². The SMILES string of the molecule is CC(C)(C)C[C@@H](O)[C@H](O)[C@H](O)[C@@H](O)Cn1nnc2c1-c1ccccc1CN(C(=O)CCC(=O)C(C)(C)C)c1ccccc1-2. The molecule has 0 radical (unpaired) electrons. The number of aliphatic hydroxyl groups excluding tert-OH is 4. The van der Waals surface area contributed by atoms with E-state index in [2.05, 4.69) is 10.3 Å². The van der Waals surface area contributed by atoms with Crippen LogP contribution in [0.5, 0.6) is 0 Å². The van der Waals surface area contributed by atoms with Crippen LogP contribution in [0.2, 0.25) is 0 Å². The number of amides is 1. The monoisotopic (exact) mass is 592 g/mol. The van der Waals surface area contributed by atoms with Crippen LogP contribution in [0.3, 0.4) is 0 Å². The molecule has 3 aromatic rings. The zero-order valence-electron chi connectivity index (χ0n) is 25.9. The molecule has 10 heteroatoms. The maximum atomic E-state index is 13.6. The van der Waals surface area contributed by atoms with Gasteiger partial charge in [0.1, 0.15) is 29.8 Å². The van der Waals surface area contributed by atoms with Crippen LogP contribution in [0.15, 0.2) is 48.5 Å². The molecule has 0 fully saturated rings. The van der Waals surface area contributed by atoms with Crippen LogP contribution in [-0.2, 0) is 22.7 Å². The first-order valence-corrected chi connectivity index (χ1v) is 14.8. The number of benzene rings is 2. The Morgan fingerprint density at radius 2 is 1.44 bits per heavy atom. The maximum Gasteiger partial charge on any atom is 0.227 e. The largest absolute Gasteiger partial charge is 0.390 e. The molecule has 0 spiro atoms. The number of hydrogen-bond donors (Lipinski definition) is 4. The van der Waals surface area contributed by atoms with Gasteiger partial charge in [0.05, 0.1) is 30.6 Å². The second kappa shape index (κ2) is 12.7. The van der Waals surface area contributed by atoms with Crippen LogP contribution in [0.1, 0.15) is 66.4 Å². The molecule has 2 aromatic carbocycles. The van der Waals surface area contributed by atoms with Gasteiger partial charge in [-0.15, -0.1) is 5.10 Å². The third-order valence-electron chi connectivity index (χ3n) is 7.81. The quantitative estimate of drug-likeness (QED) is 0.294. The van der Waals surface area contributed by atoms with Gasteiger partial charge in [-0.3, -0.25) is 9.59 Å². The van der Waals surface area contributed by atoms with Crippen molar-refractivity contribution in [2.75, 3.05) is 4.90 Å². The predicted molar refractivity (Wildman–Crippen MR) is 164 cm³/mol. The molecule has 0 bridgehead atoms. The molecule has 43 heavy (non-hydrogen) atoms. The lowest BCUT2D eigenvalue weighted by Crippen LogP contribution is -2.47. The number of hydrogen-bond acceptors (Lipinski definition) is 8. The average molecular weight is 593 g/mol. The Labute approximate surface area is 253 Å². The molecule has 4 rings (SSSR count). The van der Waals surface area contributed by atoms with E-state index in [0.29, 0.717) is 22.6 Å². The van der Waals surface area contributed by atoms with E-state index in [-0.39, 0.29) is 49.5 Å². The minimum atomic E-state index is -1.63. The minimum Gasteiger partial charge on any atom is -0.390 e.